The number of carbonyl (C=O) groups excluding carboxylic acids is 1. The maximum absolute atomic E-state index is 12.5. The van der Waals surface area contributed by atoms with Crippen molar-refractivity contribution < 1.29 is 9.21 Å². The standard InChI is InChI=1S/C20H19N5O2/c1-12-10-15(11-17-18(12)24-25-23-17)19(26)21-9-8-16-13(2)27-20(22-16)14-6-4-3-5-7-14/h3-7,10-11H,8-9H2,1-2H3,(H,21,26)(H,23,24,25). The predicted molar refractivity (Wildman–Crippen MR) is 101 cm³/mol. The van der Waals surface area contributed by atoms with E-state index in [4.69, 9.17) is 4.42 Å². The lowest BCUT2D eigenvalue weighted by Crippen LogP contribution is -2.26. The van der Waals surface area contributed by atoms with Crippen molar-refractivity contribution in [2.24, 2.45) is 0 Å². The summed E-state index contributed by atoms with van der Waals surface area (Å²) in [7, 11) is 0. The second-order valence-corrected chi connectivity index (χ2v) is 6.38. The van der Waals surface area contributed by atoms with Crippen LogP contribution in [0, 0.1) is 13.8 Å². The van der Waals surface area contributed by atoms with Gasteiger partial charge in [0.15, 0.2) is 0 Å². The molecule has 0 atom stereocenters. The van der Waals surface area contributed by atoms with E-state index in [0.29, 0.717) is 29.9 Å². The molecule has 0 unspecified atom stereocenters. The van der Waals surface area contributed by atoms with Crippen LogP contribution in [0.3, 0.4) is 0 Å². The molecule has 4 aromatic rings. The first-order valence-electron chi connectivity index (χ1n) is 8.73. The zero-order valence-electron chi connectivity index (χ0n) is 15.1. The van der Waals surface area contributed by atoms with Gasteiger partial charge in [-0.2, -0.15) is 15.4 Å². The number of hydrogen-bond donors (Lipinski definition) is 2. The lowest BCUT2D eigenvalue weighted by molar-refractivity contribution is 0.0954. The Morgan fingerprint density at radius 3 is 2.78 bits per heavy atom. The number of aromatic nitrogens is 4. The number of amides is 1. The molecule has 136 valence electrons. The maximum atomic E-state index is 12.5. The molecule has 2 aromatic carbocycles. The van der Waals surface area contributed by atoms with Crippen LogP contribution in [0.1, 0.15) is 27.4 Å². The van der Waals surface area contributed by atoms with E-state index in [1.54, 1.807) is 6.07 Å². The fraction of sp³-hybridized carbons (Fsp3) is 0.200. The Hall–Kier alpha value is -3.48. The number of fused-ring (bicyclic) bond motifs is 1. The Kier molecular flexibility index (Phi) is 4.42. The number of H-pyrrole nitrogens is 1. The van der Waals surface area contributed by atoms with Crippen LogP contribution < -0.4 is 5.32 Å². The first-order valence-corrected chi connectivity index (χ1v) is 8.73. The predicted octanol–water partition coefficient (Wildman–Crippen LogP) is 3.20. The van der Waals surface area contributed by atoms with Crippen molar-refractivity contribution >= 4 is 16.9 Å². The van der Waals surface area contributed by atoms with Gasteiger partial charge in [0, 0.05) is 24.1 Å². The van der Waals surface area contributed by atoms with Crippen molar-refractivity contribution in [1.82, 2.24) is 25.7 Å². The molecule has 0 aliphatic heterocycles. The molecule has 0 aliphatic rings. The Morgan fingerprint density at radius 1 is 1.15 bits per heavy atom. The summed E-state index contributed by atoms with van der Waals surface area (Å²) in [6, 6.07) is 13.3. The van der Waals surface area contributed by atoms with Crippen molar-refractivity contribution in [1.29, 1.82) is 0 Å². The maximum Gasteiger partial charge on any atom is 0.251 e. The van der Waals surface area contributed by atoms with E-state index in [9.17, 15) is 4.79 Å². The molecule has 0 aliphatic carbocycles. The third-order valence-electron chi connectivity index (χ3n) is 4.44. The average Bonchev–Trinajstić information content (AvgIpc) is 3.29. The van der Waals surface area contributed by atoms with Crippen LogP contribution in [0.2, 0.25) is 0 Å². The van der Waals surface area contributed by atoms with Gasteiger partial charge in [0.25, 0.3) is 5.91 Å². The quantitative estimate of drug-likeness (QED) is 0.569. The third-order valence-corrected chi connectivity index (χ3v) is 4.44. The molecule has 4 rings (SSSR count). The molecule has 0 bridgehead atoms. The molecule has 0 radical (unpaired) electrons. The van der Waals surface area contributed by atoms with Gasteiger partial charge in [-0.15, -0.1) is 0 Å². The molecular weight excluding hydrogens is 342 g/mol. The highest BCUT2D eigenvalue weighted by Gasteiger charge is 2.13. The number of rotatable bonds is 5. The summed E-state index contributed by atoms with van der Waals surface area (Å²) in [6.07, 6.45) is 0.596. The molecule has 2 N–H and O–H groups in total. The van der Waals surface area contributed by atoms with E-state index in [2.05, 4.69) is 25.7 Å². The van der Waals surface area contributed by atoms with Crippen LogP contribution >= 0.6 is 0 Å². The van der Waals surface area contributed by atoms with E-state index in [1.165, 1.54) is 0 Å². The van der Waals surface area contributed by atoms with Crippen molar-refractivity contribution in [3.05, 3.63) is 65.0 Å². The van der Waals surface area contributed by atoms with Crippen molar-refractivity contribution in [3.63, 3.8) is 0 Å². The fourth-order valence-electron chi connectivity index (χ4n) is 3.01. The zero-order valence-corrected chi connectivity index (χ0v) is 15.1. The number of nitrogens with zero attached hydrogens (tertiary/aromatic N) is 3. The molecule has 7 nitrogen and oxygen atoms in total. The molecule has 27 heavy (non-hydrogen) atoms. The first-order chi connectivity index (χ1) is 13.1. The van der Waals surface area contributed by atoms with E-state index in [-0.39, 0.29) is 5.91 Å². The Labute approximate surface area is 155 Å². The molecular formula is C20H19N5O2. The van der Waals surface area contributed by atoms with Crippen LogP contribution in [-0.2, 0) is 6.42 Å². The van der Waals surface area contributed by atoms with Gasteiger partial charge in [0.2, 0.25) is 5.89 Å². The van der Waals surface area contributed by atoms with Gasteiger partial charge in [-0.1, -0.05) is 18.2 Å². The minimum absolute atomic E-state index is 0.146. The number of oxazole rings is 1. The molecule has 7 heteroatoms. The van der Waals surface area contributed by atoms with Gasteiger partial charge < -0.3 is 9.73 Å². The molecule has 2 aromatic heterocycles. The second-order valence-electron chi connectivity index (χ2n) is 6.38. The van der Waals surface area contributed by atoms with Crippen LogP contribution in [0.25, 0.3) is 22.5 Å². The summed E-state index contributed by atoms with van der Waals surface area (Å²) in [5.74, 6) is 1.22. The number of aromatic amines is 1. The fourth-order valence-corrected chi connectivity index (χ4v) is 3.01. The summed E-state index contributed by atoms with van der Waals surface area (Å²) in [6.45, 7) is 4.26. The third kappa shape index (κ3) is 3.44. The average molecular weight is 361 g/mol. The molecule has 0 spiro atoms. The monoisotopic (exact) mass is 361 g/mol. The van der Waals surface area contributed by atoms with Crippen LogP contribution in [0.15, 0.2) is 46.9 Å². The highest BCUT2D eigenvalue weighted by Crippen LogP contribution is 2.21. The van der Waals surface area contributed by atoms with Gasteiger partial charge in [0.1, 0.15) is 16.8 Å². The Balaban J connectivity index is 1.42. The smallest absolute Gasteiger partial charge is 0.251 e. The molecule has 0 saturated heterocycles. The van der Waals surface area contributed by atoms with Gasteiger partial charge >= 0.3 is 0 Å². The number of aryl methyl sites for hydroxylation is 2. The van der Waals surface area contributed by atoms with Crippen molar-refractivity contribution in [3.8, 4) is 11.5 Å². The highest BCUT2D eigenvalue weighted by molar-refractivity contribution is 5.98. The van der Waals surface area contributed by atoms with Gasteiger partial charge in [0.05, 0.1) is 5.69 Å². The van der Waals surface area contributed by atoms with E-state index in [1.807, 2.05) is 50.2 Å². The topological polar surface area (TPSA) is 96.7 Å². The largest absolute Gasteiger partial charge is 0.441 e. The molecule has 0 saturated carbocycles. The summed E-state index contributed by atoms with van der Waals surface area (Å²) in [5, 5.41) is 13.6. The number of nitrogens with one attached hydrogen (secondary N) is 2. The first kappa shape index (κ1) is 17.0. The Bertz CT molecular complexity index is 1100. The number of hydrogen-bond acceptors (Lipinski definition) is 5. The number of benzene rings is 2. The van der Waals surface area contributed by atoms with E-state index < -0.39 is 0 Å². The van der Waals surface area contributed by atoms with Gasteiger partial charge in [-0.05, 0) is 43.7 Å². The Morgan fingerprint density at radius 2 is 1.96 bits per heavy atom. The second kappa shape index (κ2) is 7.03. The SMILES string of the molecule is Cc1oc(-c2ccccc2)nc1CCNC(=O)c1cc(C)c2n[nH]nc2c1. The minimum Gasteiger partial charge on any atom is -0.441 e. The molecule has 1 amide bonds. The molecule has 0 fully saturated rings. The number of carbonyl (C=O) groups is 1. The highest BCUT2D eigenvalue weighted by atomic mass is 16.4. The lowest BCUT2D eigenvalue weighted by atomic mass is 10.1. The van der Waals surface area contributed by atoms with E-state index in [0.717, 1.165) is 28.1 Å². The van der Waals surface area contributed by atoms with Gasteiger partial charge in [-0.3, -0.25) is 4.79 Å². The summed E-state index contributed by atoms with van der Waals surface area (Å²) >= 11 is 0. The molecule has 2 heterocycles. The summed E-state index contributed by atoms with van der Waals surface area (Å²) in [4.78, 5) is 17.0. The van der Waals surface area contributed by atoms with Crippen molar-refractivity contribution in [2.45, 2.75) is 20.3 Å². The summed E-state index contributed by atoms with van der Waals surface area (Å²) in [5.41, 5.74) is 4.71. The summed E-state index contributed by atoms with van der Waals surface area (Å²) < 4.78 is 5.76. The van der Waals surface area contributed by atoms with Crippen LogP contribution in [0.5, 0.6) is 0 Å². The zero-order chi connectivity index (χ0) is 18.8. The van der Waals surface area contributed by atoms with Gasteiger partial charge in [-0.25, -0.2) is 4.98 Å². The minimum atomic E-state index is -0.146. The van der Waals surface area contributed by atoms with Crippen molar-refractivity contribution in [2.75, 3.05) is 6.54 Å². The van der Waals surface area contributed by atoms with Crippen LogP contribution in [0.4, 0.5) is 0 Å². The normalized spacial score (nSPS) is 11.0. The lowest BCUT2D eigenvalue weighted by Gasteiger charge is -2.05. The van der Waals surface area contributed by atoms with Crippen LogP contribution in [-0.4, -0.2) is 32.8 Å². The van der Waals surface area contributed by atoms with E-state index >= 15 is 0 Å².